The number of hydrogen-bond donors (Lipinski definition) is 2. The number of sulfonamides is 1. The zero-order chi connectivity index (χ0) is 15.6. The van der Waals surface area contributed by atoms with Crippen LogP contribution in [0, 0.1) is 5.92 Å². The Morgan fingerprint density at radius 3 is 2.67 bits per heavy atom. The van der Waals surface area contributed by atoms with Crippen molar-refractivity contribution in [1.29, 1.82) is 0 Å². The maximum atomic E-state index is 12.5. The summed E-state index contributed by atoms with van der Waals surface area (Å²) in [6.07, 6.45) is 2.55. The summed E-state index contributed by atoms with van der Waals surface area (Å²) in [5.74, 6) is 0.237. The van der Waals surface area contributed by atoms with Crippen molar-refractivity contribution in [1.82, 2.24) is 9.29 Å². The number of nitrogens with two attached hydrogens (primary N) is 1. The Labute approximate surface area is 126 Å². The highest BCUT2D eigenvalue weighted by Gasteiger charge is 2.27. The average molecular weight is 315 g/mol. The summed E-state index contributed by atoms with van der Waals surface area (Å²) >= 11 is 0. The Hall–Kier alpha value is -0.890. The first kappa shape index (κ1) is 16.5. The van der Waals surface area contributed by atoms with E-state index in [1.807, 2.05) is 25.3 Å². The number of nitrogens with zero attached hydrogens (tertiary/aromatic N) is 1. The minimum absolute atomic E-state index is 0.138. The maximum absolute atomic E-state index is 12.5. The van der Waals surface area contributed by atoms with Gasteiger partial charge in [0.1, 0.15) is 0 Å². The maximum Gasteiger partial charge on any atom is 0.242 e. The summed E-state index contributed by atoms with van der Waals surface area (Å²) in [4.78, 5) is 0.280. The topological polar surface area (TPSA) is 86.4 Å². The molecule has 2 atom stereocenters. The fraction of sp³-hybridized carbons (Fsp3) is 0.714. The Bertz CT molecular complexity index is 574. The zero-order valence-corrected chi connectivity index (χ0v) is 13.7. The van der Waals surface area contributed by atoms with Crippen LogP contribution in [0.15, 0.2) is 17.2 Å². The monoisotopic (exact) mass is 315 g/mol. The van der Waals surface area contributed by atoms with Crippen LogP contribution < -0.4 is 10.5 Å². The van der Waals surface area contributed by atoms with Crippen LogP contribution in [0.25, 0.3) is 0 Å². The van der Waals surface area contributed by atoms with Gasteiger partial charge in [-0.25, -0.2) is 13.1 Å². The van der Waals surface area contributed by atoms with Gasteiger partial charge in [-0.2, -0.15) is 0 Å². The third kappa shape index (κ3) is 3.66. The zero-order valence-electron chi connectivity index (χ0n) is 12.9. The van der Waals surface area contributed by atoms with Gasteiger partial charge in [-0.3, -0.25) is 0 Å². The van der Waals surface area contributed by atoms with Gasteiger partial charge in [-0.05, 0) is 33.3 Å². The summed E-state index contributed by atoms with van der Waals surface area (Å²) in [7, 11) is -3.52. The number of aromatic nitrogens is 1. The Kier molecular flexibility index (Phi) is 5.08. The fourth-order valence-electron chi connectivity index (χ4n) is 2.64. The molecule has 0 aromatic carbocycles. The van der Waals surface area contributed by atoms with E-state index >= 15 is 0 Å². The predicted octanol–water partition coefficient (Wildman–Crippen LogP) is 1.23. The minimum atomic E-state index is -3.52. The molecule has 0 saturated carbocycles. The second-order valence-corrected chi connectivity index (χ2v) is 7.62. The molecule has 0 amide bonds. The van der Waals surface area contributed by atoms with E-state index in [0.29, 0.717) is 19.8 Å². The summed E-state index contributed by atoms with van der Waals surface area (Å²) in [5.41, 5.74) is 6.51. The highest BCUT2D eigenvalue weighted by molar-refractivity contribution is 7.89. The van der Waals surface area contributed by atoms with E-state index in [9.17, 15) is 8.42 Å². The van der Waals surface area contributed by atoms with E-state index in [-0.39, 0.29) is 22.9 Å². The van der Waals surface area contributed by atoms with Crippen LogP contribution >= 0.6 is 0 Å². The van der Waals surface area contributed by atoms with Gasteiger partial charge >= 0.3 is 0 Å². The molecule has 0 bridgehead atoms. The normalized spacial score (nSPS) is 21.1. The lowest BCUT2D eigenvalue weighted by Gasteiger charge is -2.18. The van der Waals surface area contributed by atoms with Crippen molar-refractivity contribution < 1.29 is 13.2 Å². The van der Waals surface area contributed by atoms with Crippen molar-refractivity contribution in [2.45, 2.75) is 50.7 Å². The Morgan fingerprint density at radius 1 is 1.48 bits per heavy atom. The fourth-order valence-corrected chi connectivity index (χ4v) is 4.01. The van der Waals surface area contributed by atoms with Crippen LogP contribution in [0.4, 0.5) is 0 Å². The lowest BCUT2D eigenvalue weighted by Crippen LogP contribution is -2.38. The Balaban J connectivity index is 2.19. The van der Waals surface area contributed by atoms with Crippen molar-refractivity contribution in [2.24, 2.45) is 11.7 Å². The quantitative estimate of drug-likeness (QED) is 0.827. The molecule has 7 heteroatoms. The van der Waals surface area contributed by atoms with Crippen LogP contribution in [0.5, 0.6) is 0 Å². The van der Waals surface area contributed by atoms with Crippen LogP contribution in [0.3, 0.4) is 0 Å². The molecule has 21 heavy (non-hydrogen) atoms. The van der Waals surface area contributed by atoms with Crippen molar-refractivity contribution in [2.75, 3.05) is 13.2 Å². The van der Waals surface area contributed by atoms with E-state index in [1.54, 1.807) is 12.3 Å². The molecular weight excluding hydrogens is 290 g/mol. The average Bonchev–Trinajstić information content (AvgIpc) is 3.07. The number of nitrogens with one attached hydrogen (secondary N) is 1. The predicted molar refractivity (Wildman–Crippen MR) is 81.4 cm³/mol. The largest absolute Gasteiger partial charge is 0.381 e. The molecule has 1 fully saturated rings. The molecule has 2 rings (SSSR count). The van der Waals surface area contributed by atoms with Crippen molar-refractivity contribution in [3.63, 3.8) is 0 Å². The molecule has 6 nitrogen and oxygen atoms in total. The molecule has 2 heterocycles. The molecule has 3 N–H and O–H groups in total. The molecule has 2 unspecified atom stereocenters. The van der Waals surface area contributed by atoms with E-state index < -0.39 is 10.0 Å². The molecule has 1 aliphatic rings. The standard InChI is InChI=1S/C14H25N3O3S/c1-10(2)17-8-14(6-13(17)7-15)21(18,19)16-11(3)12-4-5-20-9-12/h6,8,10-12,16H,4-5,7,9,15H2,1-3H3. The van der Waals surface area contributed by atoms with Gasteiger partial charge in [0, 0.05) is 43.0 Å². The second kappa shape index (κ2) is 6.48. The van der Waals surface area contributed by atoms with Gasteiger partial charge in [-0.1, -0.05) is 0 Å². The summed E-state index contributed by atoms with van der Waals surface area (Å²) in [5, 5.41) is 0. The third-order valence-electron chi connectivity index (χ3n) is 4.00. The van der Waals surface area contributed by atoms with E-state index in [4.69, 9.17) is 10.5 Å². The van der Waals surface area contributed by atoms with Crippen LogP contribution in [0.1, 0.15) is 38.9 Å². The molecule has 120 valence electrons. The van der Waals surface area contributed by atoms with Crippen LogP contribution in [-0.2, 0) is 21.3 Å². The second-order valence-electron chi connectivity index (χ2n) is 5.91. The first-order valence-corrected chi connectivity index (χ1v) is 8.84. The van der Waals surface area contributed by atoms with Crippen molar-refractivity contribution in [3.05, 3.63) is 18.0 Å². The van der Waals surface area contributed by atoms with Crippen molar-refractivity contribution >= 4 is 10.0 Å². The van der Waals surface area contributed by atoms with E-state index in [1.165, 1.54) is 0 Å². The SMILES string of the molecule is CC(NS(=O)(=O)c1cc(CN)n(C(C)C)c1)C1CCOC1. The first-order valence-electron chi connectivity index (χ1n) is 7.36. The van der Waals surface area contributed by atoms with E-state index in [0.717, 1.165) is 12.1 Å². The molecule has 0 spiro atoms. The molecule has 0 radical (unpaired) electrons. The number of hydrogen-bond acceptors (Lipinski definition) is 4. The van der Waals surface area contributed by atoms with Gasteiger partial charge in [0.2, 0.25) is 10.0 Å². The highest BCUT2D eigenvalue weighted by Crippen LogP contribution is 2.21. The van der Waals surface area contributed by atoms with E-state index in [2.05, 4.69) is 4.72 Å². The molecule has 1 aromatic heterocycles. The molecule has 1 aromatic rings. The first-order chi connectivity index (χ1) is 9.85. The van der Waals surface area contributed by atoms with Crippen LogP contribution in [-0.4, -0.2) is 32.2 Å². The van der Waals surface area contributed by atoms with Gasteiger partial charge in [0.25, 0.3) is 0 Å². The smallest absolute Gasteiger partial charge is 0.242 e. The molecule has 1 saturated heterocycles. The lowest BCUT2D eigenvalue weighted by molar-refractivity contribution is 0.180. The highest BCUT2D eigenvalue weighted by atomic mass is 32.2. The lowest BCUT2D eigenvalue weighted by atomic mass is 10.0. The van der Waals surface area contributed by atoms with Gasteiger partial charge < -0.3 is 15.0 Å². The van der Waals surface area contributed by atoms with Crippen LogP contribution in [0.2, 0.25) is 0 Å². The summed E-state index contributed by atoms with van der Waals surface area (Å²) in [6.45, 7) is 7.53. The third-order valence-corrected chi connectivity index (χ3v) is 5.52. The number of ether oxygens (including phenoxy) is 1. The molecular formula is C14H25N3O3S. The molecule has 0 aliphatic carbocycles. The van der Waals surface area contributed by atoms with Crippen molar-refractivity contribution in [3.8, 4) is 0 Å². The van der Waals surface area contributed by atoms with Gasteiger partial charge in [-0.15, -0.1) is 0 Å². The minimum Gasteiger partial charge on any atom is -0.381 e. The number of rotatable bonds is 6. The molecule has 1 aliphatic heterocycles. The summed E-state index contributed by atoms with van der Waals surface area (Å²) < 4.78 is 35.0. The summed E-state index contributed by atoms with van der Waals surface area (Å²) in [6, 6.07) is 1.69. The van der Waals surface area contributed by atoms with Gasteiger partial charge in [0.15, 0.2) is 0 Å². The van der Waals surface area contributed by atoms with Gasteiger partial charge in [0.05, 0.1) is 11.5 Å². The Morgan fingerprint density at radius 2 is 2.19 bits per heavy atom.